The van der Waals surface area contributed by atoms with Crippen molar-refractivity contribution in [2.75, 3.05) is 0 Å². The first-order valence-electron chi connectivity index (χ1n) is 6.22. The van der Waals surface area contributed by atoms with E-state index in [-0.39, 0.29) is 0 Å². The molecule has 0 aliphatic carbocycles. The molecule has 0 fully saturated rings. The zero-order chi connectivity index (χ0) is 13.0. The van der Waals surface area contributed by atoms with E-state index in [9.17, 15) is 0 Å². The third-order valence-corrected chi connectivity index (χ3v) is 2.51. The highest BCUT2D eigenvalue weighted by Gasteiger charge is 2.06. The molecule has 0 saturated carbocycles. The van der Waals surface area contributed by atoms with E-state index in [4.69, 9.17) is 4.42 Å². The lowest BCUT2D eigenvalue weighted by Gasteiger charge is -2.04. The molecule has 0 saturated heterocycles. The van der Waals surface area contributed by atoms with Crippen LogP contribution in [-0.2, 0) is 19.5 Å². The van der Waals surface area contributed by atoms with Crippen LogP contribution >= 0.6 is 0 Å². The molecule has 0 radical (unpaired) electrons. The second kappa shape index (κ2) is 5.77. The van der Waals surface area contributed by atoms with E-state index in [1.54, 1.807) is 6.33 Å². The lowest BCUT2D eigenvalue weighted by Crippen LogP contribution is -2.21. The average Bonchev–Trinajstić information content (AvgIpc) is 2.96. The Morgan fingerprint density at radius 1 is 1.33 bits per heavy atom. The second-order valence-electron chi connectivity index (χ2n) is 4.52. The quantitative estimate of drug-likeness (QED) is 0.837. The van der Waals surface area contributed by atoms with Crippen molar-refractivity contribution in [3.8, 4) is 0 Å². The van der Waals surface area contributed by atoms with Crippen LogP contribution in [0.3, 0.4) is 0 Å². The van der Waals surface area contributed by atoms with Crippen molar-refractivity contribution in [1.29, 1.82) is 0 Å². The van der Waals surface area contributed by atoms with Crippen LogP contribution in [0.5, 0.6) is 0 Å². The molecule has 2 aromatic rings. The summed E-state index contributed by atoms with van der Waals surface area (Å²) >= 11 is 0. The number of hydrogen-bond acceptors (Lipinski definition) is 5. The number of nitrogens with one attached hydrogen (secondary N) is 1. The van der Waals surface area contributed by atoms with Crippen molar-refractivity contribution >= 4 is 0 Å². The number of hydrogen-bond donors (Lipinski definition) is 1. The maximum Gasteiger partial charge on any atom is 0.236 e. The summed E-state index contributed by atoms with van der Waals surface area (Å²) in [6.45, 7) is 7.56. The summed E-state index contributed by atoms with van der Waals surface area (Å²) in [6.07, 6.45) is 4.54. The van der Waals surface area contributed by atoms with Crippen molar-refractivity contribution in [3.63, 3.8) is 0 Å². The minimum atomic E-state index is 0.457. The molecule has 0 unspecified atom stereocenters. The third kappa shape index (κ3) is 3.40. The summed E-state index contributed by atoms with van der Waals surface area (Å²) in [6, 6.07) is 0.457. The number of imidazole rings is 1. The van der Waals surface area contributed by atoms with E-state index in [0.29, 0.717) is 24.4 Å². The highest BCUT2D eigenvalue weighted by molar-refractivity contribution is 4.98. The third-order valence-electron chi connectivity index (χ3n) is 2.51. The number of nitrogens with zero attached hydrogens (tertiary/aromatic N) is 4. The molecule has 0 atom stereocenters. The highest BCUT2D eigenvalue weighted by atomic mass is 16.4. The SMILES string of the molecule is CCc1nnc(Cn2cnc(CNC(C)C)c2)o1. The Kier molecular flexibility index (Phi) is 4.09. The molecule has 0 bridgehead atoms. The number of rotatable bonds is 6. The van der Waals surface area contributed by atoms with Gasteiger partial charge in [0.15, 0.2) is 0 Å². The molecule has 2 aromatic heterocycles. The van der Waals surface area contributed by atoms with Gasteiger partial charge in [-0.15, -0.1) is 10.2 Å². The van der Waals surface area contributed by atoms with Crippen LogP contribution in [0.2, 0.25) is 0 Å². The summed E-state index contributed by atoms with van der Waals surface area (Å²) in [5.74, 6) is 1.29. The van der Waals surface area contributed by atoms with Crippen LogP contribution in [0, 0.1) is 0 Å². The molecule has 0 amide bonds. The van der Waals surface area contributed by atoms with E-state index in [1.807, 2.05) is 17.7 Å². The van der Waals surface area contributed by atoms with Crippen LogP contribution in [0.25, 0.3) is 0 Å². The molecule has 98 valence electrons. The molecule has 6 nitrogen and oxygen atoms in total. The Morgan fingerprint density at radius 3 is 2.78 bits per heavy atom. The summed E-state index contributed by atoms with van der Waals surface area (Å²) in [7, 11) is 0. The second-order valence-corrected chi connectivity index (χ2v) is 4.52. The summed E-state index contributed by atoms with van der Waals surface area (Å²) in [4.78, 5) is 4.32. The van der Waals surface area contributed by atoms with E-state index < -0.39 is 0 Å². The minimum absolute atomic E-state index is 0.457. The van der Waals surface area contributed by atoms with Crippen molar-refractivity contribution in [2.24, 2.45) is 0 Å². The highest BCUT2D eigenvalue weighted by Crippen LogP contribution is 2.04. The zero-order valence-corrected chi connectivity index (χ0v) is 11.1. The molecule has 18 heavy (non-hydrogen) atoms. The molecule has 0 aromatic carbocycles. The Morgan fingerprint density at radius 2 is 2.11 bits per heavy atom. The molecule has 0 aliphatic rings. The minimum Gasteiger partial charge on any atom is -0.423 e. The van der Waals surface area contributed by atoms with Crippen molar-refractivity contribution in [2.45, 2.75) is 46.3 Å². The van der Waals surface area contributed by atoms with Crippen molar-refractivity contribution in [3.05, 3.63) is 30.0 Å². The lowest BCUT2D eigenvalue weighted by atomic mass is 10.3. The van der Waals surface area contributed by atoms with Crippen LogP contribution in [0.15, 0.2) is 16.9 Å². The smallest absolute Gasteiger partial charge is 0.236 e. The van der Waals surface area contributed by atoms with E-state index in [0.717, 1.165) is 18.7 Å². The normalized spacial score (nSPS) is 11.3. The maximum atomic E-state index is 5.46. The molecule has 6 heteroatoms. The van der Waals surface area contributed by atoms with Gasteiger partial charge < -0.3 is 14.3 Å². The van der Waals surface area contributed by atoms with Crippen LogP contribution < -0.4 is 5.32 Å². The van der Waals surface area contributed by atoms with Gasteiger partial charge in [-0.2, -0.15) is 0 Å². The van der Waals surface area contributed by atoms with Gasteiger partial charge in [-0.1, -0.05) is 20.8 Å². The molecule has 2 rings (SSSR count). The Balaban J connectivity index is 1.93. The average molecular weight is 249 g/mol. The van der Waals surface area contributed by atoms with Gasteiger partial charge >= 0.3 is 0 Å². The Labute approximate surface area is 106 Å². The van der Waals surface area contributed by atoms with Gasteiger partial charge in [0.05, 0.1) is 12.0 Å². The van der Waals surface area contributed by atoms with Gasteiger partial charge in [0.1, 0.15) is 6.54 Å². The predicted molar refractivity (Wildman–Crippen MR) is 67.0 cm³/mol. The van der Waals surface area contributed by atoms with Gasteiger partial charge in [-0.05, 0) is 0 Å². The van der Waals surface area contributed by atoms with Crippen LogP contribution in [0.1, 0.15) is 38.2 Å². The molecular weight excluding hydrogens is 230 g/mol. The molecule has 0 aliphatic heterocycles. The number of aryl methyl sites for hydroxylation is 1. The standard InChI is InChI=1S/C12H19N5O/c1-4-11-15-16-12(18-11)7-17-6-10(14-8-17)5-13-9(2)3/h6,8-9,13H,4-5,7H2,1-3H3. The van der Waals surface area contributed by atoms with Crippen LogP contribution in [-0.4, -0.2) is 25.8 Å². The van der Waals surface area contributed by atoms with Crippen LogP contribution in [0.4, 0.5) is 0 Å². The topological polar surface area (TPSA) is 68.8 Å². The van der Waals surface area contributed by atoms with Gasteiger partial charge in [0.2, 0.25) is 11.8 Å². The maximum absolute atomic E-state index is 5.46. The summed E-state index contributed by atoms with van der Waals surface area (Å²) < 4.78 is 7.41. The van der Waals surface area contributed by atoms with E-state index >= 15 is 0 Å². The van der Waals surface area contributed by atoms with E-state index in [2.05, 4.69) is 34.3 Å². The van der Waals surface area contributed by atoms with E-state index in [1.165, 1.54) is 0 Å². The molecular formula is C12H19N5O. The molecule has 2 heterocycles. The van der Waals surface area contributed by atoms with Gasteiger partial charge in [-0.25, -0.2) is 4.98 Å². The molecule has 0 spiro atoms. The zero-order valence-electron chi connectivity index (χ0n) is 11.1. The van der Waals surface area contributed by atoms with Crippen molar-refractivity contribution in [1.82, 2.24) is 25.1 Å². The first-order valence-corrected chi connectivity index (χ1v) is 6.22. The fourth-order valence-electron chi connectivity index (χ4n) is 1.54. The van der Waals surface area contributed by atoms with Gasteiger partial charge in [0.25, 0.3) is 0 Å². The summed E-state index contributed by atoms with van der Waals surface area (Å²) in [5, 5.41) is 11.2. The first-order chi connectivity index (χ1) is 8.67. The summed E-state index contributed by atoms with van der Waals surface area (Å²) in [5.41, 5.74) is 1.01. The Hall–Kier alpha value is -1.69. The monoisotopic (exact) mass is 249 g/mol. The molecule has 1 N–H and O–H groups in total. The van der Waals surface area contributed by atoms with Gasteiger partial charge in [-0.3, -0.25) is 0 Å². The predicted octanol–water partition coefficient (Wildman–Crippen LogP) is 1.37. The first kappa shape index (κ1) is 12.8. The fourth-order valence-corrected chi connectivity index (χ4v) is 1.54. The fraction of sp³-hybridized carbons (Fsp3) is 0.583. The van der Waals surface area contributed by atoms with Gasteiger partial charge in [0, 0.05) is 25.2 Å². The Bertz CT molecular complexity index is 488. The van der Waals surface area contributed by atoms with Crippen molar-refractivity contribution < 1.29 is 4.42 Å². The number of aromatic nitrogens is 4. The largest absolute Gasteiger partial charge is 0.423 e. The lowest BCUT2D eigenvalue weighted by molar-refractivity contribution is 0.442.